The average molecular weight is 224 g/mol. The lowest BCUT2D eigenvalue weighted by atomic mass is 10.3. The van der Waals surface area contributed by atoms with E-state index in [2.05, 4.69) is 5.10 Å². The van der Waals surface area contributed by atoms with Crippen molar-refractivity contribution in [3.05, 3.63) is 46.0 Å². The maximum Gasteiger partial charge on any atom is 0.273 e. The largest absolute Gasteiger partial charge is 0.493 e. The molecular weight excluding hydrogens is 215 g/mol. The average Bonchev–Trinajstić information content (AvgIpc) is 2.55. The highest BCUT2D eigenvalue weighted by molar-refractivity contribution is 5.38. The van der Waals surface area contributed by atoms with E-state index in [1.54, 1.807) is 6.07 Å². The molecular formula is C10H9FN2O3. The van der Waals surface area contributed by atoms with Crippen LogP contribution in [-0.4, -0.2) is 20.0 Å². The van der Waals surface area contributed by atoms with E-state index in [1.165, 1.54) is 18.2 Å². The zero-order valence-corrected chi connectivity index (χ0v) is 8.14. The summed E-state index contributed by atoms with van der Waals surface area (Å²) in [6.45, 7) is -0.609. The number of aromatic nitrogens is 2. The molecule has 0 fully saturated rings. The highest BCUT2D eigenvalue weighted by Gasteiger charge is 2.15. The van der Waals surface area contributed by atoms with Crippen molar-refractivity contribution >= 4 is 0 Å². The molecule has 0 saturated heterocycles. The highest BCUT2D eigenvalue weighted by Crippen LogP contribution is 2.19. The molecule has 1 aromatic heterocycles. The second-order valence-corrected chi connectivity index (χ2v) is 3.19. The van der Waals surface area contributed by atoms with Crippen LogP contribution in [0.15, 0.2) is 29.1 Å². The molecule has 1 aromatic carbocycles. The molecule has 3 N–H and O–H groups in total. The number of hydrogen-bond donors (Lipinski definition) is 3. The van der Waals surface area contributed by atoms with Crippen molar-refractivity contribution in [1.29, 1.82) is 0 Å². The number of aromatic hydroxyl groups is 1. The third kappa shape index (κ3) is 1.49. The van der Waals surface area contributed by atoms with Crippen LogP contribution in [0.5, 0.6) is 5.88 Å². The number of hydrogen-bond acceptors (Lipinski definition) is 3. The zero-order valence-electron chi connectivity index (χ0n) is 8.14. The van der Waals surface area contributed by atoms with E-state index in [1.807, 2.05) is 0 Å². The first kappa shape index (κ1) is 10.4. The van der Waals surface area contributed by atoms with Crippen LogP contribution in [-0.2, 0) is 6.61 Å². The monoisotopic (exact) mass is 224 g/mol. The summed E-state index contributed by atoms with van der Waals surface area (Å²) in [6, 6.07) is 5.65. The molecule has 0 unspecified atom stereocenters. The van der Waals surface area contributed by atoms with Gasteiger partial charge in [0, 0.05) is 0 Å². The number of nitrogens with one attached hydrogen (secondary N) is 1. The van der Waals surface area contributed by atoms with Crippen molar-refractivity contribution < 1.29 is 14.6 Å². The minimum absolute atomic E-state index is 0.0109. The predicted octanol–water partition coefficient (Wildman–Crippen LogP) is 0.503. The van der Waals surface area contributed by atoms with Crippen molar-refractivity contribution in [2.75, 3.05) is 0 Å². The molecule has 1 heterocycles. The summed E-state index contributed by atoms with van der Waals surface area (Å²) >= 11 is 0. The maximum atomic E-state index is 13.4. The molecule has 84 valence electrons. The third-order valence-electron chi connectivity index (χ3n) is 2.22. The first-order valence-electron chi connectivity index (χ1n) is 4.53. The Morgan fingerprint density at radius 3 is 2.62 bits per heavy atom. The number of aliphatic hydroxyl groups excluding tert-OH is 1. The Morgan fingerprint density at radius 1 is 1.38 bits per heavy atom. The lowest BCUT2D eigenvalue weighted by molar-refractivity contribution is 0.273. The number of aliphatic hydroxyl groups is 1. The number of aromatic amines is 1. The maximum absolute atomic E-state index is 13.4. The second-order valence-electron chi connectivity index (χ2n) is 3.19. The number of nitrogens with zero attached hydrogens (tertiary/aromatic N) is 1. The van der Waals surface area contributed by atoms with E-state index >= 15 is 0 Å². The van der Waals surface area contributed by atoms with Crippen molar-refractivity contribution in [3.8, 4) is 11.6 Å². The summed E-state index contributed by atoms with van der Waals surface area (Å²) in [5, 5.41) is 20.7. The first-order valence-corrected chi connectivity index (χ1v) is 4.53. The lowest BCUT2D eigenvalue weighted by Gasteiger charge is -2.04. The smallest absolute Gasteiger partial charge is 0.273 e. The molecule has 2 rings (SSSR count). The lowest BCUT2D eigenvalue weighted by Crippen LogP contribution is -2.07. The molecule has 0 radical (unpaired) electrons. The van der Waals surface area contributed by atoms with Crippen molar-refractivity contribution in [2.24, 2.45) is 0 Å². The van der Waals surface area contributed by atoms with Gasteiger partial charge in [-0.05, 0) is 12.1 Å². The van der Waals surface area contributed by atoms with Gasteiger partial charge in [0.15, 0.2) is 0 Å². The van der Waals surface area contributed by atoms with E-state index < -0.39 is 23.9 Å². The van der Waals surface area contributed by atoms with Crippen LogP contribution in [0.1, 0.15) is 5.56 Å². The standard InChI is InChI=1S/C10H9FN2O3/c11-7-3-1-2-4-8(7)13-10(16)6(5-14)9(15)12-13/h1-4,14,16H,5H2,(H,12,15). The van der Waals surface area contributed by atoms with Gasteiger partial charge >= 0.3 is 0 Å². The van der Waals surface area contributed by atoms with E-state index in [0.717, 1.165) is 4.68 Å². The highest BCUT2D eigenvalue weighted by atomic mass is 19.1. The Balaban J connectivity index is 2.66. The van der Waals surface area contributed by atoms with Gasteiger partial charge in [0.2, 0.25) is 5.88 Å². The van der Waals surface area contributed by atoms with Crippen molar-refractivity contribution in [3.63, 3.8) is 0 Å². The summed E-state index contributed by atoms with van der Waals surface area (Å²) in [5.74, 6) is -1.08. The van der Waals surface area contributed by atoms with Crippen LogP contribution in [0.3, 0.4) is 0 Å². The number of para-hydroxylation sites is 1. The molecule has 6 heteroatoms. The van der Waals surface area contributed by atoms with E-state index in [-0.39, 0.29) is 11.3 Å². The quantitative estimate of drug-likeness (QED) is 0.695. The molecule has 0 aliphatic rings. The molecule has 0 atom stereocenters. The van der Waals surface area contributed by atoms with Crippen LogP contribution >= 0.6 is 0 Å². The van der Waals surface area contributed by atoms with Gasteiger partial charge in [-0.15, -0.1) is 0 Å². The predicted molar refractivity (Wildman–Crippen MR) is 53.9 cm³/mol. The number of rotatable bonds is 2. The van der Waals surface area contributed by atoms with E-state index in [4.69, 9.17) is 5.11 Å². The molecule has 2 aromatic rings. The Bertz CT molecular complexity index is 574. The number of benzene rings is 1. The number of H-pyrrole nitrogens is 1. The normalized spacial score (nSPS) is 10.6. The van der Waals surface area contributed by atoms with Gasteiger partial charge in [-0.2, -0.15) is 0 Å². The topological polar surface area (TPSA) is 78.2 Å². The third-order valence-corrected chi connectivity index (χ3v) is 2.22. The first-order chi connectivity index (χ1) is 7.65. The molecule has 0 aliphatic heterocycles. The van der Waals surface area contributed by atoms with Crippen LogP contribution in [0.2, 0.25) is 0 Å². The molecule has 5 nitrogen and oxygen atoms in total. The Kier molecular flexibility index (Phi) is 2.49. The van der Waals surface area contributed by atoms with E-state index in [9.17, 15) is 14.3 Å². The van der Waals surface area contributed by atoms with Crippen LogP contribution in [0.4, 0.5) is 4.39 Å². The number of halogens is 1. The SMILES string of the molecule is O=c1[nH]n(-c2ccccc2F)c(O)c1CO. The van der Waals surface area contributed by atoms with Gasteiger partial charge < -0.3 is 10.2 Å². The van der Waals surface area contributed by atoms with Gasteiger partial charge in [-0.25, -0.2) is 9.07 Å². The van der Waals surface area contributed by atoms with Gasteiger partial charge in [0.25, 0.3) is 5.56 Å². The van der Waals surface area contributed by atoms with Crippen molar-refractivity contribution in [2.45, 2.75) is 6.61 Å². The minimum atomic E-state index is -0.650. The fourth-order valence-electron chi connectivity index (χ4n) is 1.41. The van der Waals surface area contributed by atoms with Crippen LogP contribution in [0.25, 0.3) is 5.69 Å². The van der Waals surface area contributed by atoms with E-state index in [0.29, 0.717) is 0 Å². The fraction of sp³-hybridized carbons (Fsp3) is 0.100. The molecule has 0 spiro atoms. The molecule has 0 amide bonds. The van der Waals surface area contributed by atoms with Gasteiger partial charge in [0.05, 0.1) is 6.61 Å². The Labute approximate surface area is 89.4 Å². The molecule has 0 aliphatic carbocycles. The zero-order chi connectivity index (χ0) is 11.7. The molecule has 0 saturated carbocycles. The Hall–Kier alpha value is -2.08. The summed E-state index contributed by atoms with van der Waals surface area (Å²) in [4.78, 5) is 11.3. The summed E-state index contributed by atoms with van der Waals surface area (Å²) in [6.07, 6.45) is 0. The van der Waals surface area contributed by atoms with Crippen LogP contribution in [0, 0.1) is 5.82 Å². The fourth-order valence-corrected chi connectivity index (χ4v) is 1.41. The van der Waals surface area contributed by atoms with Crippen molar-refractivity contribution in [1.82, 2.24) is 9.78 Å². The van der Waals surface area contributed by atoms with Crippen LogP contribution < -0.4 is 5.56 Å². The molecule has 0 bridgehead atoms. The van der Waals surface area contributed by atoms with Gasteiger partial charge in [-0.1, -0.05) is 12.1 Å². The Morgan fingerprint density at radius 2 is 2.06 bits per heavy atom. The summed E-state index contributed by atoms with van der Waals surface area (Å²) in [7, 11) is 0. The van der Waals surface area contributed by atoms with Gasteiger partial charge in [-0.3, -0.25) is 9.89 Å². The summed E-state index contributed by atoms with van der Waals surface area (Å²) < 4.78 is 14.3. The minimum Gasteiger partial charge on any atom is -0.493 e. The molecule has 16 heavy (non-hydrogen) atoms. The second kappa shape index (κ2) is 3.82. The summed E-state index contributed by atoms with van der Waals surface area (Å²) in [5.41, 5.74) is -0.830. The van der Waals surface area contributed by atoms with Gasteiger partial charge in [0.1, 0.15) is 17.1 Å².